The largest absolute Gasteiger partial charge is 0.436 e. The maximum atomic E-state index is 5.94. The Morgan fingerprint density at radius 2 is 0.878 bits per heavy atom. The van der Waals surface area contributed by atoms with Crippen LogP contribution < -0.4 is 0 Å². The van der Waals surface area contributed by atoms with E-state index in [4.69, 9.17) is 29.3 Å². The van der Waals surface area contributed by atoms with Crippen LogP contribution in [0.2, 0.25) is 0 Å². The standard InChI is InChI=1S/C32H18N8O/c1-3-9-23-21(7-1)33-17-26(35-23)30-38-29(39-31(40-30)27-18-34-22-8-2-4-10-24(22)36-27)19-13-15-20(16-14-19)32-37-25-11-5-6-12-28(25)41-32/h1-18H. The van der Waals surface area contributed by atoms with Crippen LogP contribution in [0.4, 0.5) is 0 Å². The first-order valence-electron chi connectivity index (χ1n) is 12.9. The Bertz CT molecular complexity index is 2100. The van der Waals surface area contributed by atoms with Gasteiger partial charge in [0, 0.05) is 11.1 Å². The molecule has 9 heteroatoms. The summed E-state index contributed by atoms with van der Waals surface area (Å²) < 4.78 is 5.94. The fraction of sp³-hybridized carbons (Fsp3) is 0. The molecular formula is C32H18N8O. The van der Waals surface area contributed by atoms with Crippen molar-refractivity contribution >= 4 is 33.2 Å². The second kappa shape index (κ2) is 9.35. The van der Waals surface area contributed by atoms with Crippen LogP contribution in [0.1, 0.15) is 0 Å². The second-order valence-corrected chi connectivity index (χ2v) is 9.36. The molecule has 0 fully saturated rings. The van der Waals surface area contributed by atoms with E-state index in [1.165, 1.54) is 0 Å². The van der Waals surface area contributed by atoms with Crippen LogP contribution in [0.15, 0.2) is 114 Å². The third-order valence-corrected chi connectivity index (χ3v) is 6.67. The average Bonchev–Trinajstić information content (AvgIpc) is 3.49. The Hall–Kier alpha value is -5.96. The van der Waals surface area contributed by atoms with Crippen LogP contribution in [-0.2, 0) is 0 Å². The van der Waals surface area contributed by atoms with E-state index < -0.39 is 0 Å². The quantitative estimate of drug-likeness (QED) is 0.249. The molecule has 0 spiro atoms. The monoisotopic (exact) mass is 530 g/mol. The van der Waals surface area contributed by atoms with Crippen LogP contribution in [0, 0.1) is 0 Å². The van der Waals surface area contributed by atoms with Gasteiger partial charge in [0.15, 0.2) is 23.1 Å². The fourth-order valence-electron chi connectivity index (χ4n) is 4.62. The summed E-state index contributed by atoms with van der Waals surface area (Å²) in [7, 11) is 0. The minimum atomic E-state index is 0.390. The molecule has 8 aromatic rings. The molecule has 0 aliphatic heterocycles. The number of fused-ring (bicyclic) bond motifs is 3. The lowest BCUT2D eigenvalue weighted by Gasteiger charge is -2.08. The molecule has 0 atom stereocenters. The molecule has 9 nitrogen and oxygen atoms in total. The zero-order chi connectivity index (χ0) is 27.2. The van der Waals surface area contributed by atoms with Gasteiger partial charge < -0.3 is 4.42 Å². The highest BCUT2D eigenvalue weighted by molar-refractivity contribution is 5.79. The Kier molecular flexibility index (Phi) is 5.24. The van der Waals surface area contributed by atoms with Gasteiger partial charge in [-0.15, -0.1) is 0 Å². The molecule has 0 bridgehead atoms. The topological polar surface area (TPSA) is 116 Å². The van der Waals surface area contributed by atoms with Gasteiger partial charge in [-0.05, 0) is 48.5 Å². The van der Waals surface area contributed by atoms with Crippen molar-refractivity contribution in [3.63, 3.8) is 0 Å². The third-order valence-electron chi connectivity index (χ3n) is 6.67. The Labute approximate surface area is 232 Å². The molecule has 0 aliphatic carbocycles. The number of nitrogens with zero attached hydrogens (tertiary/aromatic N) is 8. The SMILES string of the molecule is c1ccc2nc(-c3nc(-c4ccc(-c5nc6ccccc6o5)cc4)nc(-c4cnc5ccccc5n4)n3)cnc2c1. The van der Waals surface area contributed by atoms with E-state index in [1.54, 1.807) is 12.4 Å². The number of rotatable bonds is 4. The summed E-state index contributed by atoms with van der Waals surface area (Å²) in [5.41, 5.74) is 7.34. The summed E-state index contributed by atoms with van der Waals surface area (Å²) >= 11 is 0. The van der Waals surface area contributed by atoms with E-state index in [9.17, 15) is 0 Å². The summed E-state index contributed by atoms with van der Waals surface area (Å²) in [4.78, 5) is 37.6. The van der Waals surface area contributed by atoms with Crippen LogP contribution in [0.3, 0.4) is 0 Å². The number of oxazole rings is 1. The molecule has 4 heterocycles. The molecule has 0 aliphatic rings. The van der Waals surface area contributed by atoms with E-state index in [2.05, 4.69) is 15.0 Å². The predicted octanol–water partition coefficient (Wildman–Crippen LogP) is 6.57. The van der Waals surface area contributed by atoms with E-state index >= 15 is 0 Å². The lowest BCUT2D eigenvalue weighted by molar-refractivity contribution is 0.620. The Balaban J connectivity index is 1.25. The van der Waals surface area contributed by atoms with Crippen LogP contribution in [-0.4, -0.2) is 39.9 Å². The highest BCUT2D eigenvalue weighted by Gasteiger charge is 2.16. The zero-order valence-electron chi connectivity index (χ0n) is 21.4. The van der Waals surface area contributed by atoms with Crippen LogP contribution in [0.25, 0.3) is 79.0 Å². The van der Waals surface area contributed by atoms with Crippen molar-refractivity contribution in [2.75, 3.05) is 0 Å². The van der Waals surface area contributed by atoms with Crippen molar-refractivity contribution in [3.05, 3.63) is 109 Å². The molecule has 192 valence electrons. The number of hydrogen-bond acceptors (Lipinski definition) is 9. The molecule has 0 radical (unpaired) electrons. The first-order valence-corrected chi connectivity index (χ1v) is 12.9. The van der Waals surface area contributed by atoms with Crippen molar-refractivity contribution in [3.8, 4) is 45.9 Å². The molecule has 8 rings (SSSR count). The minimum absolute atomic E-state index is 0.390. The van der Waals surface area contributed by atoms with E-state index in [0.29, 0.717) is 34.8 Å². The summed E-state index contributed by atoms with van der Waals surface area (Å²) in [6.45, 7) is 0. The summed E-state index contributed by atoms with van der Waals surface area (Å²) in [5, 5.41) is 0. The minimum Gasteiger partial charge on any atom is -0.436 e. The number of benzene rings is 4. The van der Waals surface area contributed by atoms with Gasteiger partial charge in [-0.3, -0.25) is 9.97 Å². The van der Waals surface area contributed by atoms with Crippen molar-refractivity contribution in [1.82, 2.24) is 39.9 Å². The van der Waals surface area contributed by atoms with Crippen LogP contribution in [0.5, 0.6) is 0 Å². The van der Waals surface area contributed by atoms with Crippen molar-refractivity contribution < 1.29 is 4.42 Å². The fourth-order valence-corrected chi connectivity index (χ4v) is 4.62. The van der Waals surface area contributed by atoms with Gasteiger partial charge in [0.25, 0.3) is 0 Å². The third kappa shape index (κ3) is 4.22. The summed E-state index contributed by atoms with van der Waals surface area (Å²) in [6, 6.07) is 30.8. The highest BCUT2D eigenvalue weighted by atomic mass is 16.3. The van der Waals surface area contributed by atoms with Gasteiger partial charge in [-0.1, -0.05) is 48.5 Å². The first kappa shape index (κ1) is 23.0. The van der Waals surface area contributed by atoms with Gasteiger partial charge in [0.05, 0.1) is 34.5 Å². The maximum Gasteiger partial charge on any atom is 0.227 e. The van der Waals surface area contributed by atoms with E-state index in [-0.39, 0.29) is 0 Å². The van der Waals surface area contributed by atoms with Gasteiger partial charge in [-0.2, -0.15) is 0 Å². The van der Waals surface area contributed by atoms with Gasteiger partial charge >= 0.3 is 0 Å². The predicted molar refractivity (Wildman–Crippen MR) is 155 cm³/mol. The molecule has 0 unspecified atom stereocenters. The lowest BCUT2D eigenvalue weighted by atomic mass is 10.1. The van der Waals surface area contributed by atoms with Gasteiger partial charge in [-0.25, -0.2) is 29.9 Å². The lowest BCUT2D eigenvalue weighted by Crippen LogP contribution is -2.03. The average molecular weight is 531 g/mol. The smallest absolute Gasteiger partial charge is 0.227 e. The molecule has 0 saturated heterocycles. The van der Waals surface area contributed by atoms with Crippen molar-refractivity contribution in [1.29, 1.82) is 0 Å². The van der Waals surface area contributed by atoms with Crippen molar-refractivity contribution in [2.45, 2.75) is 0 Å². The molecule has 0 saturated carbocycles. The first-order chi connectivity index (χ1) is 20.3. The number of para-hydroxylation sites is 6. The zero-order valence-corrected chi connectivity index (χ0v) is 21.4. The molecule has 41 heavy (non-hydrogen) atoms. The molecule has 4 aromatic carbocycles. The second-order valence-electron chi connectivity index (χ2n) is 9.36. The van der Waals surface area contributed by atoms with Crippen molar-refractivity contribution in [2.24, 2.45) is 0 Å². The molecule has 4 aromatic heterocycles. The maximum absolute atomic E-state index is 5.94. The normalized spacial score (nSPS) is 11.4. The van der Waals surface area contributed by atoms with Crippen LogP contribution >= 0.6 is 0 Å². The number of hydrogen-bond donors (Lipinski definition) is 0. The highest BCUT2D eigenvalue weighted by Crippen LogP contribution is 2.28. The molecule has 0 amide bonds. The summed E-state index contributed by atoms with van der Waals surface area (Å²) in [6.07, 6.45) is 3.35. The summed E-state index contributed by atoms with van der Waals surface area (Å²) in [5.74, 6) is 1.80. The van der Waals surface area contributed by atoms with E-state index in [0.717, 1.165) is 44.3 Å². The Morgan fingerprint density at radius 3 is 1.46 bits per heavy atom. The molecular weight excluding hydrogens is 512 g/mol. The Morgan fingerprint density at radius 1 is 0.390 bits per heavy atom. The van der Waals surface area contributed by atoms with Gasteiger partial charge in [0.2, 0.25) is 5.89 Å². The number of aromatic nitrogens is 8. The van der Waals surface area contributed by atoms with Gasteiger partial charge in [0.1, 0.15) is 16.9 Å². The van der Waals surface area contributed by atoms with E-state index in [1.807, 2.05) is 97.1 Å². The molecule has 0 N–H and O–H groups in total.